The molecular formula is C26H30ClN5O3S. The average molecular weight is 528 g/mol. The molecule has 1 aromatic heterocycles. The Bertz CT molecular complexity index is 1380. The summed E-state index contributed by atoms with van der Waals surface area (Å²) in [6, 6.07) is 14.7. The lowest BCUT2D eigenvalue weighted by molar-refractivity contribution is 0.0635. The van der Waals surface area contributed by atoms with Gasteiger partial charge in [0.05, 0.1) is 23.7 Å². The van der Waals surface area contributed by atoms with Gasteiger partial charge in [-0.25, -0.2) is 8.42 Å². The number of hydrogen-bond acceptors (Lipinski definition) is 5. The molecule has 1 amide bonds. The van der Waals surface area contributed by atoms with Crippen LogP contribution in [0.1, 0.15) is 53.8 Å². The van der Waals surface area contributed by atoms with Crippen molar-refractivity contribution in [2.75, 3.05) is 24.6 Å². The quantitative estimate of drug-likeness (QED) is 0.395. The molecule has 0 aliphatic carbocycles. The van der Waals surface area contributed by atoms with Gasteiger partial charge in [-0.05, 0) is 41.8 Å². The molecule has 0 spiro atoms. The summed E-state index contributed by atoms with van der Waals surface area (Å²) < 4.78 is 28.2. The highest BCUT2D eigenvalue weighted by Gasteiger charge is 2.33. The fourth-order valence-electron chi connectivity index (χ4n) is 4.43. The third kappa shape index (κ3) is 5.96. The van der Waals surface area contributed by atoms with Crippen LogP contribution in [0.2, 0.25) is 5.02 Å². The van der Waals surface area contributed by atoms with Crippen molar-refractivity contribution in [3.05, 3.63) is 70.4 Å². The number of fused-ring (bicyclic) bond motifs is 1. The summed E-state index contributed by atoms with van der Waals surface area (Å²) in [5.74, 6) is -0.104. The normalized spacial score (nSPS) is 15.9. The highest BCUT2D eigenvalue weighted by Crippen LogP contribution is 2.34. The molecule has 0 saturated heterocycles. The van der Waals surface area contributed by atoms with Crippen molar-refractivity contribution < 1.29 is 13.2 Å². The maximum Gasteiger partial charge on any atom is 0.272 e. The van der Waals surface area contributed by atoms with Crippen molar-refractivity contribution in [3.63, 3.8) is 0 Å². The Hall–Kier alpha value is -3.17. The molecule has 0 saturated carbocycles. The molecule has 8 nitrogen and oxygen atoms in total. The Morgan fingerprint density at radius 3 is 2.61 bits per heavy atom. The molecule has 2 heterocycles. The van der Waals surface area contributed by atoms with Gasteiger partial charge in [0.25, 0.3) is 5.91 Å². The molecule has 4 rings (SSSR count). The molecule has 1 aliphatic rings. The number of amides is 1. The number of halogens is 1. The van der Waals surface area contributed by atoms with E-state index in [1.54, 1.807) is 37.5 Å². The van der Waals surface area contributed by atoms with Crippen LogP contribution in [0.4, 0.5) is 5.69 Å². The summed E-state index contributed by atoms with van der Waals surface area (Å²) in [5.41, 5.74) is 3.95. The molecule has 0 fully saturated rings. The monoisotopic (exact) mass is 527 g/mol. The minimum absolute atomic E-state index is 0.0246. The Balaban J connectivity index is 1.69. The summed E-state index contributed by atoms with van der Waals surface area (Å²) in [6.07, 6.45) is 5.80. The fourth-order valence-corrected chi connectivity index (χ4v) is 5.17. The summed E-state index contributed by atoms with van der Waals surface area (Å²) in [5, 5.41) is 5.17. The van der Waals surface area contributed by atoms with Crippen LogP contribution >= 0.6 is 11.6 Å². The molecule has 1 aliphatic heterocycles. The highest BCUT2D eigenvalue weighted by molar-refractivity contribution is 7.92. The Morgan fingerprint density at radius 1 is 1.19 bits per heavy atom. The maximum absolute atomic E-state index is 13.5. The zero-order valence-electron chi connectivity index (χ0n) is 20.6. The molecule has 2 aromatic carbocycles. The molecular weight excluding hydrogens is 498 g/mol. The smallest absolute Gasteiger partial charge is 0.272 e. The largest absolute Gasteiger partial charge is 0.331 e. The molecule has 36 heavy (non-hydrogen) atoms. The summed E-state index contributed by atoms with van der Waals surface area (Å²) in [6.45, 7) is 3.19. The van der Waals surface area contributed by atoms with Gasteiger partial charge in [0.2, 0.25) is 10.0 Å². The Kier molecular flexibility index (Phi) is 7.80. The number of aliphatic imine (C=N–C) groups is 1. The number of benzene rings is 2. The van der Waals surface area contributed by atoms with Gasteiger partial charge in [0, 0.05) is 36.9 Å². The molecule has 1 unspecified atom stereocenters. The number of aromatic nitrogens is 2. The average Bonchev–Trinajstić information content (AvgIpc) is 3.26. The Morgan fingerprint density at radius 2 is 1.94 bits per heavy atom. The second-order valence-electron chi connectivity index (χ2n) is 9.03. The number of unbranched alkanes of at least 4 members (excludes halogenated alkanes) is 1. The number of nitrogens with zero attached hydrogens (tertiary/aromatic N) is 4. The number of carbonyl (C=O) groups is 1. The van der Waals surface area contributed by atoms with Gasteiger partial charge < -0.3 is 4.90 Å². The summed E-state index contributed by atoms with van der Waals surface area (Å²) in [4.78, 5) is 19.4. The van der Waals surface area contributed by atoms with Crippen molar-refractivity contribution in [2.24, 2.45) is 4.99 Å². The van der Waals surface area contributed by atoms with Crippen molar-refractivity contribution in [3.8, 4) is 11.3 Å². The first kappa shape index (κ1) is 25.9. The number of anilines is 1. The van der Waals surface area contributed by atoms with Gasteiger partial charge in [-0.2, -0.15) is 5.10 Å². The van der Waals surface area contributed by atoms with Gasteiger partial charge in [-0.1, -0.05) is 55.6 Å². The maximum atomic E-state index is 13.5. The van der Waals surface area contributed by atoms with E-state index in [1.807, 2.05) is 33.8 Å². The molecule has 0 radical (unpaired) electrons. The van der Waals surface area contributed by atoms with Gasteiger partial charge in [0.1, 0.15) is 5.69 Å². The topological polar surface area (TPSA) is 96.7 Å². The number of sulfonamides is 1. The van der Waals surface area contributed by atoms with Crippen LogP contribution in [-0.2, 0) is 16.6 Å². The van der Waals surface area contributed by atoms with Gasteiger partial charge in [-0.3, -0.25) is 19.2 Å². The van der Waals surface area contributed by atoms with Gasteiger partial charge in [-0.15, -0.1) is 0 Å². The van der Waals surface area contributed by atoms with E-state index < -0.39 is 10.0 Å². The third-order valence-corrected chi connectivity index (χ3v) is 6.92. The third-order valence-electron chi connectivity index (χ3n) is 6.09. The van der Waals surface area contributed by atoms with E-state index in [0.29, 0.717) is 40.8 Å². The van der Waals surface area contributed by atoms with Crippen LogP contribution in [0.5, 0.6) is 0 Å². The van der Waals surface area contributed by atoms with Crippen molar-refractivity contribution in [2.45, 2.75) is 38.8 Å². The molecule has 3 aromatic rings. The number of hydrogen-bond donors (Lipinski definition) is 1. The first-order valence-electron chi connectivity index (χ1n) is 11.9. The van der Waals surface area contributed by atoms with E-state index in [4.69, 9.17) is 16.7 Å². The van der Waals surface area contributed by atoms with Crippen LogP contribution in [-0.4, -0.2) is 55.1 Å². The minimum atomic E-state index is -3.54. The van der Waals surface area contributed by atoms with Gasteiger partial charge >= 0.3 is 0 Å². The lowest BCUT2D eigenvalue weighted by Gasteiger charge is -2.33. The predicted molar refractivity (Wildman–Crippen MR) is 144 cm³/mol. The Labute approximate surface area is 217 Å². The van der Waals surface area contributed by atoms with Crippen molar-refractivity contribution in [1.29, 1.82) is 0 Å². The van der Waals surface area contributed by atoms with Crippen LogP contribution in [0, 0.1) is 0 Å². The lowest BCUT2D eigenvalue weighted by atomic mass is 10.0. The summed E-state index contributed by atoms with van der Waals surface area (Å²) >= 11 is 6.13. The molecule has 0 bridgehead atoms. The predicted octanol–water partition coefficient (Wildman–Crippen LogP) is 5.01. The fraction of sp³-hybridized carbons (Fsp3) is 0.346. The highest BCUT2D eigenvalue weighted by atomic mass is 35.5. The first-order valence-corrected chi connectivity index (χ1v) is 14.1. The van der Waals surface area contributed by atoms with E-state index in [2.05, 4.69) is 16.6 Å². The van der Waals surface area contributed by atoms with Crippen molar-refractivity contribution >= 4 is 39.4 Å². The number of nitrogens with one attached hydrogen (secondary N) is 1. The van der Waals surface area contributed by atoms with E-state index >= 15 is 0 Å². The number of carbonyl (C=O) groups excluding carboxylic acids is 1. The standard InChI is InChI=1S/C26H30ClN5O3S/c1-4-5-6-21-17-31(16-19-9-7-18(8-10-19)15-28-2)26(33)25-14-23(29-32(21)25)22-12-11-20(27)13-24(22)30-36(3,34)35/h7-15,21,30H,4-6,16-17H2,1-3H3. The van der Waals surface area contributed by atoms with Gasteiger partial charge in [0.15, 0.2) is 0 Å². The molecule has 190 valence electrons. The first-order chi connectivity index (χ1) is 17.2. The van der Waals surface area contributed by atoms with E-state index in [-0.39, 0.29) is 11.9 Å². The molecule has 1 N–H and O–H groups in total. The van der Waals surface area contributed by atoms with Crippen LogP contribution in [0.25, 0.3) is 11.3 Å². The van der Waals surface area contributed by atoms with Crippen LogP contribution in [0.3, 0.4) is 0 Å². The molecule has 10 heteroatoms. The van der Waals surface area contributed by atoms with Crippen LogP contribution < -0.4 is 4.72 Å². The van der Waals surface area contributed by atoms with Crippen molar-refractivity contribution in [1.82, 2.24) is 14.7 Å². The van der Waals surface area contributed by atoms with E-state index in [0.717, 1.165) is 36.6 Å². The zero-order valence-corrected chi connectivity index (χ0v) is 22.2. The zero-order chi connectivity index (χ0) is 25.9. The SMILES string of the molecule is CCCCC1CN(Cc2ccc(C=NC)cc2)C(=O)c2cc(-c3ccc(Cl)cc3NS(C)(=O)=O)nn21. The summed E-state index contributed by atoms with van der Waals surface area (Å²) in [7, 11) is -1.80. The second kappa shape index (κ2) is 10.8. The number of rotatable bonds is 9. The second-order valence-corrected chi connectivity index (χ2v) is 11.2. The van der Waals surface area contributed by atoms with Crippen LogP contribution in [0.15, 0.2) is 53.5 Å². The minimum Gasteiger partial charge on any atom is -0.331 e. The lowest BCUT2D eigenvalue weighted by Crippen LogP contribution is -2.42. The van der Waals surface area contributed by atoms with E-state index in [9.17, 15) is 13.2 Å². The van der Waals surface area contributed by atoms with E-state index in [1.165, 1.54) is 0 Å². The molecule has 1 atom stereocenters.